The molecule has 108 valence electrons. The van der Waals surface area contributed by atoms with Gasteiger partial charge in [0.05, 0.1) is 18.8 Å². The van der Waals surface area contributed by atoms with Gasteiger partial charge in [-0.1, -0.05) is 0 Å². The highest BCUT2D eigenvalue weighted by molar-refractivity contribution is 5.96. The number of nitrogens with zero attached hydrogens (tertiary/aromatic N) is 2. The van der Waals surface area contributed by atoms with Crippen LogP contribution in [0.5, 0.6) is 0 Å². The third-order valence-corrected chi connectivity index (χ3v) is 3.10. The van der Waals surface area contributed by atoms with Crippen molar-refractivity contribution < 1.29 is 9.59 Å². The molecule has 20 heavy (non-hydrogen) atoms. The van der Waals surface area contributed by atoms with Crippen LogP contribution >= 0.6 is 0 Å². The van der Waals surface area contributed by atoms with E-state index in [1.165, 1.54) is 0 Å². The lowest BCUT2D eigenvalue weighted by atomic mass is 10.3. The van der Waals surface area contributed by atoms with Crippen LogP contribution in [0.4, 0.5) is 11.5 Å². The summed E-state index contributed by atoms with van der Waals surface area (Å²) in [6, 6.07) is 3.58. The molecule has 1 aromatic heterocycles. The zero-order valence-electron chi connectivity index (χ0n) is 11.3. The third kappa shape index (κ3) is 3.67. The number of amides is 2. The maximum Gasteiger partial charge on any atom is 0.243 e. The van der Waals surface area contributed by atoms with Crippen LogP contribution in [-0.4, -0.2) is 43.0 Å². The number of hydrogen-bond donors (Lipinski definition) is 3. The van der Waals surface area contributed by atoms with Crippen molar-refractivity contribution in [2.24, 2.45) is 5.73 Å². The van der Waals surface area contributed by atoms with Gasteiger partial charge in [0.1, 0.15) is 0 Å². The van der Waals surface area contributed by atoms with Gasteiger partial charge < -0.3 is 21.3 Å². The topological polar surface area (TPSA) is 100 Å². The first-order valence-corrected chi connectivity index (χ1v) is 6.67. The average molecular weight is 277 g/mol. The number of hydrogen-bond acceptors (Lipinski definition) is 5. The van der Waals surface area contributed by atoms with Crippen molar-refractivity contribution in [2.75, 3.05) is 36.4 Å². The van der Waals surface area contributed by atoms with Gasteiger partial charge in [-0.25, -0.2) is 4.98 Å². The summed E-state index contributed by atoms with van der Waals surface area (Å²) >= 11 is 0. The molecule has 2 amide bonds. The Morgan fingerprint density at radius 1 is 1.30 bits per heavy atom. The van der Waals surface area contributed by atoms with E-state index in [9.17, 15) is 9.59 Å². The van der Waals surface area contributed by atoms with E-state index in [1.807, 2.05) is 6.07 Å². The molecule has 0 radical (unpaired) electrons. The number of nitrogens with one attached hydrogen (secondary N) is 2. The summed E-state index contributed by atoms with van der Waals surface area (Å²) in [4.78, 5) is 29.3. The number of nitrogens with two attached hydrogens (primary N) is 1. The first-order valence-electron chi connectivity index (χ1n) is 6.67. The monoisotopic (exact) mass is 277 g/mol. The predicted molar refractivity (Wildman–Crippen MR) is 76.4 cm³/mol. The van der Waals surface area contributed by atoms with Gasteiger partial charge in [-0.3, -0.25) is 9.59 Å². The Kier molecular flexibility index (Phi) is 4.89. The highest BCUT2D eigenvalue weighted by atomic mass is 16.2. The molecule has 0 bridgehead atoms. The lowest BCUT2D eigenvalue weighted by Crippen LogP contribution is -2.36. The molecule has 0 atom stereocenters. The van der Waals surface area contributed by atoms with Crippen molar-refractivity contribution in [2.45, 2.75) is 12.8 Å². The number of carbonyl (C=O) groups is 2. The van der Waals surface area contributed by atoms with Crippen molar-refractivity contribution in [3.63, 3.8) is 0 Å². The molecular formula is C13H19N5O2. The second kappa shape index (κ2) is 6.85. The molecule has 1 saturated heterocycles. The number of carbonyl (C=O) groups excluding carboxylic acids is 2. The molecule has 4 N–H and O–H groups in total. The van der Waals surface area contributed by atoms with Crippen molar-refractivity contribution in [1.82, 2.24) is 10.3 Å². The molecule has 0 aliphatic carbocycles. The molecule has 1 aliphatic heterocycles. The molecule has 2 heterocycles. The van der Waals surface area contributed by atoms with Crippen molar-refractivity contribution in [3.05, 3.63) is 18.3 Å². The summed E-state index contributed by atoms with van der Waals surface area (Å²) in [7, 11) is 0. The normalized spacial score (nSPS) is 14.2. The summed E-state index contributed by atoms with van der Waals surface area (Å²) in [5.41, 5.74) is 5.83. The smallest absolute Gasteiger partial charge is 0.243 e. The summed E-state index contributed by atoms with van der Waals surface area (Å²) < 4.78 is 0. The molecule has 2 rings (SSSR count). The predicted octanol–water partition coefficient (Wildman–Crippen LogP) is -0.305. The van der Waals surface area contributed by atoms with Gasteiger partial charge in [0, 0.05) is 19.3 Å². The molecule has 7 nitrogen and oxygen atoms in total. The molecule has 1 fully saturated rings. The van der Waals surface area contributed by atoms with Crippen LogP contribution in [-0.2, 0) is 9.59 Å². The van der Waals surface area contributed by atoms with E-state index >= 15 is 0 Å². The van der Waals surface area contributed by atoms with Gasteiger partial charge in [0.15, 0.2) is 5.82 Å². The van der Waals surface area contributed by atoms with E-state index in [2.05, 4.69) is 20.5 Å². The summed E-state index contributed by atoms with van der Waals surface area (Å²) in [5, 5.41) is 5.20. The Morgan fingerprint density at radius 3 is 2.75 bits per heavy atom. The maximum absolute atomic E-state index is 11.8. The Morgan fingerprint density at radius 2 is 2.05 bits per heavy atom. The van der Waals surface area contributed by atoms with Crippen LogP contribution in [0.2, 0.25) is 0 Å². The van der Waals surface area contributed by atoms with Crippen molar-refractivity contribution in [3.8, 4) is 0 Å². The van der Waals surface area contributed by atoms with Crippen molar-refractivity contribution >= 4 is 23.3 Å². The molecule has 0 saturated carbocycles. The largest absolute Gasteiger partial charge is 0.355 e. The van der Waals surface area contributed by atoms with Crippen molar-refractivity contribution in [1.29, 1.82) is 0 Å². The first-order chi connectivity index (χ1) is 9.70. The van der Waals surface area contributed by atoms with Gasteiger partial charge >= 0.3 is 0 Å². The van der Waals surface area contributed by atoms with Crippen LogP contribution in [0.25, 0.3) is 0 Å². The molecule has 1 aromatic rings. The SMILES string of the molecule is NCC(=O)NCC(=O)Nc1cccnc1N1CCCC1. The zero-order valence-corrected chi connectivity index (χ0v) is 11.3. The van der Waals surface area contributed by atoms with E-state index in [4.69, 9.17) is 5.73 Å². The minimum Gasteiger partial charge on any atom is -0.355 e. The molecule has 1 aliphatic rings. The highest BCUT2D eigenvalue weighted by Gasteiger charge is 2.17. The summed E-state index contributed by atoms with van der Waals surface area (Å²) in [6.45, 7) is 1.68. The zero-order chi connectivity index (χ0) is 14.4. The minimum absolute atomic E-state index is 0.0929. The second-order valence-corrected chi connectivity index (χ2v) is 4.60. The first kappa shape index (κ1) is 14.3. The fourth-order valence-electron chi connectivity index (χ4n) is 2.12. The Bertz CT molecular complexity index is 485. The fourth-order valence-corrected chi connectivity index (χ4v) is 2.12. The van der Waals surface area contributed by atoms with Crippen LogP contribution in [0.3, 0.4) is 0 Å². The van der Waals surface area contributed by atoms with E-state index in [1.54, 1.807) is 12.3 Å². The van der Waals surface area contributed by atoms with E-state index in [0.29, 0.717) is 5.69 Å². The lowest BCUT2D eigenvalue weighted by Gasteiger charge is -2.19. The van der Waals surface area contributed by atoms with Gasteiger partial charge in [0.25, 0.3) is 0 Å². The molecule has 0 aromatic carbocycles. The van der Waals surface area contributed by atoms with Crippen LogP contribution in [0.15, 0.2) is 18.3 Å². The van der Waals surface area contributed by atoms with Crippen LogP contribution in [0, 0.1) is 0 Å². The quantitative estimate of drug-likeness (QED) is 0.686. The highest BCUT2D eigenvalue weighted by Crippen LogP contribution is 2.25. The lowest BCUT2D eigenvalue weighted by molar-refractivity contribution is -0.123. The third-order valence-electron chi connectivity index (χ3n) is 3.10. The van der Waals surface area contributed by atoms with Gasteiger partial charge in [-0.15, -0.1) is 0 Å². The standard InChI is InChI=1S/C13H19N5O2/c14-8-11(19)16-9-12(20)17-10-4-3-5-15-13(10)18-6-1-2-7-18/h3-5H,1-2,6-9,14H2,(H,16,19)(H,17,20). The Balaban J connectivity index is 1.98. The number of pyridine rings is 1. The van der Waals surface area contributed by atoms with Crippen LogP contribution < -0.4 is 21.3 Å². The Hall–Kier alpha value is -2.15. The Labute approximate surface area is 117 Å². The molecule has 0 unspecified atom stereocenters. The summed E-state index contributed by atoms with van der Waals surface area (Å²) in [5.74, 6) is 0.134. The van der Waals surface area contributed by atoms with E-state index < -0.39 is 0 Å². The maximum atomic E-state index is 11.8. The minimum atomic E-state index is -0.355. The number of rotatable bonds is 5. The molecule has 0 spiro atoms. The molecular weight excluding hydrogens is 258 g/mol. The molecule has 7 heteroatoms. The van der Waals surface area contributed by atoms with Crippen LogP contribution in [0.1, 0.15) is 12.8 Å². The van der Waals surface area contributed by atoms with Gasteiger partial charge in [-0.05, 0) is 25.0 Å². The van der Waals surface area contributed by atoms with Gasteiger partial charge in [0.2, 0.25) is 11.8 Å². The fraction of sp³-hybridized carbons (Fsp3) is 0.462. The van der Waals surface area contributed by atoms with Gasteiger partial charge in [-0.2, -0.15) is 0 Å². The average Bonchev–Trinajstić information content (AvgIpc) is 2.99. The number of anilines is 2. The second-order valence-electron chi connectivity index (χ2n) is 4.60. The summed E-state index contributed by atoms with van der Waals surface area (Å²) in [6.07, 6.45) is 3.98. The number of aromatic nitrogens is 1. The van der Waals surface area contributed by atoms with E-state index in [-0.39, 0.29) is 24.9 Å². The van der Waals surface area contributed by atoms with E-state index in [0.717, 1.165) is 31.7 Å².